The Hall–Kier alpha value is -1.36. The van der Waals surface area contributed by atoms with E-state index in [4.69, 9.17) is 4.74 Å². The Kier molecular flexibility index (Phi) is 3.93. The Balaban J connectivity index is 1.74. The third kappa shape index (κ3) is 3.06. The molecule has 16 heavy (non-hydrogen) atoms. The van der Waals surface area contributed by atoms with Gasteiger partial charge >= 0.3 is 0 Å². The lowest BCUT2D eigenvalue weighted by Gasteiger charge is -2.07. The van der Waals surface area contributed by atoms with Gasteiger partial charge in [0.1, 0.15) is 4.60 Å². The molecule has 0 bridgehead atoms. The average molecular weight is 282 g/mol. The highest BCUT2D eigenvalue weighted by Gasteiger charge is 1.99. The Morgan fingerprint density at radius 1 is 1.38 bits per heavy atom. The zero-order valence-electron chi connectivity index (χ0n) is 8.71. The molecule has 2 aromatic heterocycles. The second-order valence-corrected chi connectivity index (χ2v) is 4.05. The van der Waals surface area contributed by atoms with E-state index in [0.29, 0.717) is 6.61 Å². The number of pyridine rings is 1. The van der Waals surface area contributed by atoms with E-state index in [2.05, 4.69) is 25.9 Å². The van der Waals surface area contributed by atoms with Gasteiger partial charge in [-0.2, -0.15) is 0 Å². The predicted molar refractivity (Wildman–Crippen MR) is 64.3 cm³/mol. The van der Waals surface area contributed by atoms with Gasteiger partial charge in [-0.3, -0.25) is 0 Å². The molecule has 0 saturated carbocycles. The molecule has 0 amide bonds. The van der Waals surface area contributed by atoms with Crippen LogP contribution in [0.25, 0.3) is 0 Å². The van der Waals surface area contributed by atoms with Crippen molar-refractivity contribution < 1.29 is 4.74 Å². The third-order valence-corrected chi connectivity index (χ3v) is 2.70. The molecule has 0 aliphatic rings. The SMILES string of the molecule is Brc1ncccc1OCCCn1ccnc1. The monoisotopic (exact) mass is 281 g/mol. The van der Waals surface area contributed by atoms with E-state index >= 15 is 0 Å². The maximum absolute atomic E-state index is 5.59. The van der Waals surface area contributed by atoms with Gasteiger partial charge in [0.25, 0.3) is 0 Å². The van der Waals surface area contributed by atoms with Gasteiger partial charge in [-0.15, -0.1) is 0 Å². The van der Waals surface area contributed by atoms with Crippen molar-refractivity contribution in [1.82, 2.24) is 14.5 Å². The maximum atomic E-state index is 5.59. The summed E-state index contributed by atoms with van der Waals surface area (Å²) in [6.45, 7) is 1.58. The second kappa shape index (κ2) is 5.65. The van der Waals surface area contributed by atoms with Crippen LogP contribution in [0.4, 0.5) is 0 Å². The van der Waals surface area contributed by atoms with Crippen molar-refractivity contribution in [2.24, 2.45) is 0 Å². The number of hydrogen-bond donors (Lipinski definition) is 0. The van der Waals surface area contributed by atoms with Crippen LogP contribution < -0.4 is 4.74 Å². The maximum Gasteiger partial charge on any atom is 0.152 e. The number of nitrogens with zero attached hydrogens (tertiary/aromatic N) is 3. The number of hydrogen-bond acceptors (Lipinski definition) is 3. The molecule has 0 fully saturated rings. The highest BCUT2D eigenvalue weighted by Crippen LogP contribution is 2.20. The van der Waals surface area contributed by atoms with Gasteiger partial charge in [0.05, 0.1) is 12.9 Å². The lowest BCUT2D eigenvalue weighted by atomic mass is 10.4. The van der Waals surface area contributed by atoms with Crippen LogP contribution >= 0.6 is 15.9 Å². The van der Waals surface area contributed by atoms with E-state index in [0.717, 1.165) is 23.3 Å². The van der Waals surface area contributed by atoms with Gasteiger partial charge < -0.3 is 9.30 Å². The quantitative estimate of drug-likeness (QED) is 0.625. The number of aromatic nitrogens is 3. The summed E-state index contributed by atoms with van der Waals surface area (Å²) in [7, 11) is 0. The molecule has 5 heteroatoms. The van der Waals surface area contributed by atoms with Crippen molar-refractivity contribution in [3.05, 3.63) is 41.7 Å². The summed E-state index contributed by atoms with van der Waals surface area (Å²) in [5.41, 5.74) is 0. The number of rotatable bonds is 5. The first-order chi connectivity index (χ1) is 7.86. The molecule has 4 nitrogen and oxygen atoms in total. The van der Waals surface area contributed by atoms with E-state index < -0.39 is 0 Å². The van der Waals surface area contributed by atoms with Crippen molar-refractivity contribution in [3.63, 3.8) is 0 Å². The molecule has 84 valence electrons. The third-order valence-electron chi connectivity index (χ3n) is 2.10. The summed E-state index contributed by atoms with van der Waals surface area (Å²) in [4.78, 5) is 8.06. The van der Waals surface area contributed by atoms with Gasteiger partial charge in [-0.05, 0) is 34.5 Å². The smallest absolute Gasteiger partial charge is 0.152 e. The van der Waals surface area contributed by atoms with Gasteiger partial charge in [-0.25, -0.2) is 9.97 Å². The molecule has 0 spiro atoms. The standard InChI is InChI=1S/C11H12BrN3O/c12-11-10(3-1-4-14-11)16-8-2-6-15-7-5-13-9-15/h1,3-5,7,9H,2,6,8H2. The van der Waals surface area contributed by atoms with Crippen molar-refractivity contribution in [2.75, 3.05) is 6.61 Å². The van der Waals surface area contributed by atoms with Gasteiger partial charge in [0, 0.05) is 25.1 Å². The highest BCUT2D eigenvalue weighted by molar-refractivity contribution is 9.10. The van der Waals surface area contributed by atoms with E-state index in [9.17, 15) is 0 Å². The van der Waals surface area contributed by atoms with Crippen LogP contribution in [0.5, 0.6) is 5.75 Å². The molecular formula is C11H12BrN3O. The van der Waals surface area contributed by atoms with Crippen molar-refractivity contribution >= 4 is 15.9 Å². The second-order valence-electron chi connectivity index (χ2n) is 3.29. The molecule has 0 unspecified atom stereocenters. The van der Waals surface area contributed by atoms with Gasteiger partial charge in [0.2, 0.25) is 0 Å². The molecule has 0 atom stereocenters. The zero-order chi connectivity index (χ0) is 11.2. The van der Waals surface area contributed by atoms with Crippen LogP contribution in [-0.2, 0) is 6.54 Å². The van der Waals surface area contributed by atoms with E-state index in [1.807, 2.05) is 22.9 Å². The minimum absolute atomic E-state index is 0.669. The number of halogens is 1. The average Bonchev–Trinajstić information content (AvgIpc) is 2.79. The molecule has 2 aromatic rings. The first kappa shape index (κ1) is 11.1. The van der Waals surface area contributed by atoms with Crippen LogP contribution in [0.1, 0.15) is 6.42 Å². The lowest BCUT2D eigenvalue weighted by Crippen LogP contribution is -2.03. The zero-order valence-corrected chi connectivity index (χ0v) is 10.3. The normalized spacial score (nSPS) is 10.3. The fourth-order valence-corrected chi connectivity index (χ4v) is 1.69. The van der Waals surface area contributed by atoms with E-state index in [1.165, 1.54) is 0 Å². The van der Waals surface area contributed by atoms with Crippen molar-refractivity contribution in [1.29, 1.82) is 0 Å². The largest absolute Gasteiger partial charge is 0.491 e. The fourth-order valence-electron chi connectivity index (χ4n) is 1.33. The van der Waals surface area contributed by atoms with Gasteiger partial charge in [0.15, 0.2) is 5.75 Å². The van der Waals surface area contributed by atoms with E-state index in [1.54, 1.807) is 18.7 Å². The molecule has 0 N–H and O–H groups in total. The number of ether oxygens (including phenoxy) is 1. The first-order valence-electron chi connectivity index (χ1n) is 5.05. The summed E-state index contributed by atoms with van der Waals surface area (Å²) in [5, 5.41) is 0. The van der Waals surface area contributed by atoms with Crippen LogP contribution in [0, 0.1) is 0 Å². The Morgan fingerprint density at radius 3 is 3.06 bits per heavy atom. The molecule has 0 aliphatic heterocycles. The molecule has 0 radical (unpaired) electrons. The summed E-state index contributed by atoms with van der Waals surface area (Å²) in [6, 6.07) is 3.75. The molecule has 0 aromatic carbocycles. The summed E-state index contributed by atoms with van der Waals surface area (Å²) in [6.07, 6.45) is 8.19. The summed E-state index contributed by atoms with van der Waals surface area (Å²) in [5.74, 6) is 0.785. The molecule has 0 saturated heterocycles. The predicted octanol–water partition coefficient (Wildman–Crippen LogP) is 2.51. The fraction of sp³-hybridized carbons (Fsp3) is 0.273. The van der Waals surface area contributed by atoms with Crippen molar-refractivity contribution in [3.8, 4) is 5.75 Å². The highest BCUT2D eigenvalue weighted by atomic mass is 79.9. The molecule has 0 aliphatic carbocycles. The lowest BCUT2D eigenvalue weighted by molar-refractivity contribution is 0.298. The van der Waals surface area contributed by atoms with Crippen LogP contribution in [0.3, 0.4) is 0 Å². The van der Waals surface area contributed by atoms with Crippen LogP contribution in [0.15, 0.2) is 41.7 Å². The van der Waals surface area contributed by atoms with Crippen LogP contribution in [0.2, 0.25) is 0 Å². The van der Waals surface area contributed by atoms with Crippen molar-refractivity contribution in [2.45, 2.75) is 13.0 Å². The molecular weight excluding hydrogens is 270 g/mol. The molecule has 2 heterocycles. The number of imidazole rings is 1. The molecule has 2 rings (SSSR count). The van der Waals surface area contributed by atoms with Gasteiger partial charge in [-0.1, -0.05) is 0 Å². The van der Waals surface area contributed by atoms with Crippen LogP contribution in [-0.4, -0.2) is 21.1 Å². The first-order valence-corrected chi connectivity index (χ1v) is 5.84. The Bertz CT molecular complexity index is 431. The minimum Gasteiger partial charge on any atom is -0.491 e. The Morgan fingerprint density at radius 2 is 2.31 bits per heavy atom. The Labute approximate surface area is 102 Å². The number of aryl methyl sites for hydroxylation is 1. The topological polar surface area (TPSA) is 39.9 Å². The van der Waals surface area contributed by atoms with E-state index in [-0.39, 0.29) is 0 Å². The summed E-state index contributed by atoms with van der Waals surface area (Å²) < 4.78 is 8.37. The minimum atomic E-state index is 0.669. The summed E-state index contributed by atoms with van der Waals surface area (Å²) >= 11 is 3.34.